The molecule has 0 saturated heterocycles. The predicted octanol–water partition coefficient (Wildman–Crippen LogP) is 2.78. The highest BCUT2D eigenvalue weighted by atomic mass is 35.5. The first-order valence-corrected chi connectivity index (χ1v) is 7.59. The molecule has 1 N–H and O–H groups in total. The molecule has 9 heteroatoms. The van der Waals surface area contributed by atoms with Gasteiger partial charge in [0.25, 0.3) is 11.6 Å². The molecule has 0 fully saturated rings. The summed E-state index contributed by atoms with van der Waals surface area (Å²) in [5.41, 5.74) is 2.90. The number of carbonyl (C=O) groups is 1. The van der Waals surface area contributed by atoms with Crippen LogP contribution in [0, 0.1) is 10.1 Å². The number of benzene rings is 2. The van der Waals surface area contributed by atoms with Crippen molar-refractivity contribution in [2.45, 2.75) is 0 Å². The Morgan fingerprint density at radius 1 is 1.20 bits per heavy atom. The fourth-order valence-electron chi connectivity index (χ4n) is 2.16. The summed E-state index contributed by atoms with van der Waals surface area (Å²) < 4.78 is 10.8. The maximum atomic E-state index is 12.1. The van der Waals surface area contributed by atoms with Crippen LogP contribution in [0.2, 0.25) is 5.02 Å². The van der Waals surface area contributed by atoms with E-state index in [4.69, 9.17) is 21.1 Å². The molecule has 2 aromatic carbocycles. The van der Waals surface area contributed by atoms with E-state index < -0.39 is 10.8 Å². The van der Waals surface area contributed by atoms with Gasteiger partial charge in [0.1, 0.15) is 18.2 Å². The van der Waals surface area contributed by atoms with Crippen LogP contribution < -0.4 is 14.9 Å². The highest BCUT2D eigenvalue weighted by molar-refractivity contribution is 6.32. The Balaban J connectivity index is 1.69. The fourth-order valence-corrected chi connectivity index (χ4v) is 2.35. The van der Waals surface area contributed by atoms with Crippen molar-refractivity contribution >= 4 is 29.4 Å². The van der Waals surface area contributed by atoms with Crippen LogP contribution in [0.3, 0.4) is 0 Å². The Kier molecular flexibility index (Phi) is 4.80. The monoisotopic (exact) mass is 361 g/mol. The molecule has 1 aliphatic rings. The quantitative estimate of drug-likeness (QED) is 0.512. The van der Waals surface area contributed by atoms with Crippen LogP contribution in [0.25, 0.3) is 0 Å². The fraction of sp³-hybridized carbons (Fsp3) is 0.125. The predicted molar refractivity (Wildman–Crippen MR) is 90.6 cm³/mol. The maximum Gasteiger partial charge on any atom is 0.288 e. The van der Waals surface area contributed by atoms with Crippen molar-refractivity contribution in [2.24, 2.45) is 5.10 Å². The average Bonchev–Trinajstić information content (AvgIpc) is 2.62. The summed E-state index contributed by atoms with van der Waals surface area (Å²) >= 11 is 5.74. The van der Waals surface area contributed by atoms with Crippen molar-refractivity contribution in [3.63, 3.8) is 0 Å². The van der Waals surface area contributed by atoms with Crippen LogP contribution >= 0.6 is 11.6 Å². The largest absolute Gasteiger partial charge is 0.486 e. The molecule has 0 aliphatic carbocycles. The number of rotatable bonds is 4. The van der Waals surface area contributed by atoms with Gasteiger partial charge >= 0.3 is 0 Å². The minimum atomic E-state index is -0.590. The van der Waals surface area contributed by atoms with E-state index >= 15 is 0 Å². The number of nitro benzene ring substituents is 1. The molecular weight excluding hydrogens is 350 g/mol. The molecule has 0 spiro atoms. The third-order valence-corrected chi connectivity index (χ3v) is 3.67. The average molecular weight is 362 g/mol. The Morgan fingerprint density at radius 3 is 2.72 bits per heavy atom. The van der Waals surface area contributed by atoms with Gasteiger partial charge in [-0.3, -0.25) is 14.9 Å². The Morgan fingerprint density at radius 2 is 1.96 bits per heavy atom. The van der Waals surface area contributed by atoms with Crippen LogP contribution in [-0.2, 0) is 0 Å². The lowest BCUT2D eigenvalue weighted by Gasteiger charge is -2.18. The number of hydrazone groups is 1. The van der Waals surface area contributed by atoms with Gasteiger partial charge in [0.15, 0.2) is 11.5 Å². The Labute approximate surface area is 147 Å². The number of nitro groups is 1. The molecule has 1 heterocycles. The molecule has 1 aliphatic heterocycles. The van der Waals surface area contributed by atoms with Gasteiger partial charge in [-0.15, -0.1) is 0 Å². The van der Waals surface area contributed by atoms with Crippen molar-refractivity contribution in [3.8, 4) is 11.5 Å². The van der Waals surface area contributed by atoms with Crippen molar-refractivity contribution in [1.82, 2.24) is 5.43 Å². The first-order valence-electron chi connectivity index (χ1n) is 7.21. The molecule has 0 unspecified atom stereocenters. The van der Waals surface area contributed by atoms with Gasteiger partial charge in [0.05, 0.1) is 11.1 Å². The first kappa shape index (κ1) is 16.7. The lowest BCUT2D eigenvalue weighted by molar-refractivity contribution is -0.384. The van der Waals surface area contributed by atoms with Crippen molar-refractivity contribution in [3.05, 3.63) is 62.7 Å². The molecule has 0 bridgehead atoms. The second-order valence-electron chi connectivity index (χ2n) is 5.03. The van der Waals surface area contributed by atoms with Crippen molar-refractivity contribution < 1.29 is 19.2 Å². The summed E-state index contributed by atoms with van der Waals surface area (Å²) in [7, 11) is 0. The van der Waals surface area contributed by atoms with E-state index in [1.165, 1.54) is 18.3 Å². The molecule has 0 atom stereocenters. The molecule has 3 rings (SSSR count). The molecule has 128 valence electrons. The number of ether oxygens (including phenoxy) is 2. The minimum Gasteiger partial charge on any atom is -0.486 e. The van der Waals surface area contributed by atoms with Crippen LogP contribution in [0.5, 0.6) is 11.5 Å². The second kappa shape index (κ2) is 7.18. The smallest absolute Gasteiger partial charge is 0.288 e. The lowest BCUT2D eigenvalue weighted by atomic mass is 10.2. The highest BCUT2D eigenvalue weighted by Crippen LogP contribution is 2.30. The molecule has 8 nitrogen and oxygen atoms in total. The maximum absolute atomic E-state index is 12.1. The summed E-state index contributed by atoms with van der Waals surface area (Å²) in [6.07, 6.45) is 1.29. The Bertz CT molecular complexity index is 869. The number of nitrogens with one attached hydrogen (secondary N) is 1. The second-order valence-corrected chi connectivity index (χ2v) is 5.43. The van der Waals surface area contributed by atoms with Crippen LogP contribution in [0.1, 0.15) is 15.9 Å². The van der Waals surface area contributed by atoms with Crippen LogP contribution in [0.15, 0.2) is 41.5 Å². The number of hydrogen-bond acceptors (Lipinski definition) is 6. The summed E-state index contributed by atoms with van der Waals surface area (Å²) in [6, 6.07) is 9.01. The number of halogens is 1. The van der Waals surface area contributed by atoms with Gasteiger partial charge in [0, 0.05) is 17.2 Å². The molecule has 0 radical (unpaired) electrons. The third-order valence-electron chi connectivity index (χ3n) is 3.35. The van der Waals surface area contributed by atoms with E-state index in [2.05, 4.69) is 10.5 Å². The zero-order chi connectivity index (χ0) is 17.8. The summed E-state index contributed by atoms with van der Waals surface area (Å²) in [4.78, 5) is 22.4. The molecule has 2 aromatic rings. The minimum absolute atomic E-state index is 0.0301. The Hall–Kier alpha value is -3.13. The molecule has 1 amide bonds. The molecular formula is C16H12ClN3O5. The topological polar surface area (TPSA) is 103 Å². The molecule has 25 heavy (non-hydrogen) atoms. The van der Waals surface area contributed by atoms with Gasteiger partial charge in [0.2, 0.25) is 0 Å². The van der Waals surface area contributed by atoms with Crippen LogP contribution in [0.4, 0.5) is 5.69 Å². The lowest BCUT2D eigenvalue weighted by Crippen LogP contribution is -2.19. The third kappa shape index (κ3) is 3.86. The van der Waals surface area contributed by atoms with E-state index in [1.54, 1.807) is 24.3 Å². The standard InChI is InChI=1S/C16H12ClN3O5/c17-12-3-1-10(7-13(12)20(22)23)9-18-19-16(21)11-2-4-14-15(8-11)25-6-5-24-14/h1-4,7-9H,5-6H2,(H,19,21)/b18-9-. The van der Waals surface area contributed by atoms with Gasteiger partial charge in [-0.1, -0.05) is 17.7 Å². The zero-order valence-electron chi connectivity index (χ0n) is 12.8. The molecule has 0 saturated carbocycles. The van der Waals surface area contributed by atoms with Gasteiger partial charge < -0.3 is 9.47 Å². The van der Waals surface area contributed by atoms with E-state index in [0.29, 0.717) is 35.8 Å². The van der Waals surface area contributed by atoms with E-state index in [-0.39, 0.29) is 10.7 Å². The van der Waals surface area contributed by atoms with Crippen LogP contribution in [-0.4, -0.2) is 30.3 Å². The van der Waals surface area contributed by atoms with Gasteiger partial charge in [-0.2, -0.15) is 5.10 Å². The summed E-state index contributed by atoms with van der Waals surface area (Å²) in [6.45, 7) is 0.891. The molecule has 0 aromatic heterocycles. The first-order chi connectivity index (χ1) is 12.0. The normalized spacial score (nSPS) is 12.8. The van der Waals surface area contributed by atoms with Gasteiger partial charge in [-0.25, -0.2) is 5.43 Å². The number of amides is 1. The summed E-state index contributed by atoms with van der Waals surface area (Å²) in [5.74, 6) is 0.632. The van der Waals surface area contributed by atoms with E-state index in [1.807, 2.05) is 0 Å². The van der Waals surface area contributed by atoms with Crippen molar-refractivity contribution in [2.75, 3.05) is 13.2 Å². The zero-order valence-corrected chi connectivity index (χ0v) is 13.5. The van der Waals surface area contributed by atoms with E-state index in [0.717, 1.165) is 0 Å². The highest BCUT2D eigenvalue weighted by Gasteiger charge is 2.15. The SMILES string of the molecule is O=C(N/N=C\c1ccc(Cl)c([N+](=O)[O-])c1)c1ccc2c(c1)OCCO2. The van der Waals surface area contributed by atoms with Crippen molar-refractivity contribution in [1.29, 1.82) is 0 Å². The van der Waals surface area contributed by atoms with E-state index in [9.17, 15) is 14.9 Å². The number of fused-ring (bicyclic) bond motifs is 1. The number of hydrogen-bond donors (Lipinski definition) is 1. The van der Waals surface area contributed by atoms with Gasteiger partial charge in [-0.05, 0) is 24.3 Å². The number of carbonyl (C=O) groups excluding carboxylic acids is 1. The number of nitrogens with zero attached hydrogens (tertiary/aromatic N) is 2. The summed E-state index contributed by atoms with van der Waals surface area (Å²) in [5, 5.41) is 14.7.